The molecule has 222 valence electrons. The van der Waals surface area contributed by atoms with Crippen LogP contribution in [0.15, 0.2) is 58.7 Å². The van der Waals surface area contributed by atoms with Crippen molar-refractivity contribution in [3.8, 4) is 0 Å². The van der Waals surface area contributed by atoms with Gasteiger partial charge in [-0.2, -0.15) is 0 Å². The number of unbranched alkanes of at least 4 members (excludes halogenated alkanes) is 12. The molecule has 0 saturated heterocycles. The molecule has 0 atom stereocenters. The monoisotopic (exact) mass is 540 g/mol. The predicted octanol–water partition coefficient (Wildman–Crippen LogP) is 11.3. The molecule has 0 radical (unpaired) electrons. The summed E-state index contributed by atoms with van der Waals surface area (Å²) in [6.45, 7) is 13.2. The second kappa shape index (κ2) is 23.7. The number of carbonyl (C=O) groups excluding carboxylic acids is 1. The minimum Gasteiger partial charge on any atom is -0.481 e. The maximum Gasteiger partial charge on any atom is 0.303 e. The Morgan fingerprint density at radius 1 is 0.821 bits per heavy atom. The number of carboxylic acids is 1. The minimum atomic E-state index is -0.655. The van der Waals surface area contributed by atoms with E-state index in [1.54, 1.807) is 6.08 Å². The fraction of sp³-hybridized carbons (Fsp3) is 0.667. The molecule has 1 aliphatic carbocycles. The van der Waals surface area contributed by atoms with Crippen molar-refractivity contribution < 1.29 is 14.7 Å². The highest BCUT2D eigenvalue weighted by molar-refractivity contribution is 5.67. The summed E-state index contributed by atoms with van der Waals surface area (Å²) in [7, 11) is 0. The highest BCUT2D eigenvalue weighted by Crippen LogP contribution is 2.40. The first kappa shape index (κ1) is 36.8. The lowest BCUT2D eigenvalue weighted by molar-refractivity contribution is -0.137. The fourth-order valence-electron chi connectivity index (χ4n) is 5.09. The van der Waals surface area contributed by atoms with Gasteiger partial charge in [0.25, 0.3) is 0 Å². The van der Waals surface area contributed by atoms with E-state index in [1.807, 2.05) is 19.1 Å². The molecule has 0 bridgehead atoms. The molecule has 0 unspecified atom stereocenters. The first-order valence-electron chi connectivity index (χ1n) is 15.7. The molecular formula is C36H60O3. The van der Waals surface area contributed by atoms with E-state index in [9.17, 15) is 9.59 Å². The van der Waals surface area contributed by atoms with Gasteiger partial charge in [0, 0.05) is 6.42 Å². The molecule has 1 rings (SSSR count). The first-order chi connectivity index (χ1) is 18.6. The lowest BCUT2D eigenvalue weighted by atomic mass is 9.72. The van der Waals surface area contributed by atoms with Gasteiger partial charge in [-0.15, -0.1) is 0 Å². The molecule has 1 aliphatic rings. The van der Waals surface area contributed by atoms with Crippen molar-refractivity contribution in [3.05, 3.63) is 58.7 Å². The summed E-state index contributed by atoms with van der Waals surface area (Å²) in [6, 6.07) is 0. The number of rotatable bonds is 19. The molecule has 0 aromatic carbocycles. The lowest BCUT2D eigenvalue weighted by Gasteiger charge is -2.32. The van der Waals surface area contributed by atoms with Gasteiger partial charge < -0.3 is 5.11 Å². The zero-order chi connectivity index (χ0) is 29.4. The van der Waals surface area contributed by atoms with Crippen LogP contribution in [0.3, 0.4) is 0 Å². The van der Waals surface area contributed by atoms with Crippen molar-refractivity contribution >= 4 is 12.3 Å². The van der Waals surface area contributed by atoms with E-state index in [-0.39, 0.29) is 5.41 Å². The number of hydrogen-bond donors (Lipinski definition) is 1. The minimum absolute atomic E-state index is 0.290. The van der Waals surface area contributed by atoms with Crippen molar-refractivity contribution in [2.24, 2.45) is 5.41 Å². The molecular weight excluding hydrogens is 480 g/mol. The smallest absolute Gasteiger partial charge is 0.303 e. The van der Waals surface area contributed by atoms with E-state index in [0.717, 1.165) is 24.7 Å². The van der Waals surface area contributed by atoms with Crippen LogP contribution in [0.4, 0.5) is 0 Å². The van der Waals surface area contributed by atoms with Gasteiger partial charge in [0.1, 0.15) is 6.29 Å². The number of aldehydes is 1. The second-order valence-electron chi connectivity index (χ2n) is 12.0. The van der Waals surface area contributed by atoms with Crippen molar-refractivity contribution in [2.75, 3.05) is 0 Å². The average Bonchev–Trinajstić information content (AvgIpc) is 2.86. The number of carboxylic acid groups (broad SMARTS) is 1. The molecule has 0 spiro atoms. The van der Waals surface area contributed by atoms with Gasteiger partial charge in [-0.05, 0) is 69.1 Å². The van der Waals surface area contributed by atoms with Crippen molar-refractivity contribution in [1.82, 2.24) is 0 Å². The summed E-state index contributed by atoms with van der Waals surface area (Å²) < 4.78 is 0. The highest BCUT2D eigenvalue weighted by Gasteiger charge is 2.26. The Morgan fingerprint density at radius 2 is 1.33 bits per heavy atom. The third kappa shape index (κ3) is 21.4. The third-order valence-corrected chi connectivity index (χ3v) is 7.60. The van der Waals surface area contributed by atoms with Crippen LogP contribution in [0.5, 0.6) is 0 Å². The van der Waals surface area contributed by atoms with E-state index >= 15 is 0 Å². The molecule has 0 saturated carbocycles. The summed E-state index contributed by atoms with van der Waals surface area (Å²) in [5.41, 5.74) is 5.48. The Morgan fingerprint density at radius 3 is 1.82 bits per heavy atom. The number of aliphatic carboxylic acids is 1. The van der Waals surface area contributed by atoms with E-state index in [4.69, 9.17) is 5.11 Å². The molecule has 0 aromatic heterocycles. The lowest BCUT2D eigenvalue weighted by Crippen LogP contribution is -2.19. The number of hydrogen-bond acceptors (Lipinski definition) is 2. The zero-order valence-corrected chi connectivity index (χ0v) is 26.3. The standard InChI is InChI=1S/C20H28O.C16H32O2/c1-16(8-6-9-17(2)13-15-21)11-12-19-18(3)10-7-14-20(19,4)5;1-2-3-4-5-6-7-8-9-10-11-12-13-14-15-16(17)18/h6,8-9,11-13,15H,7,10,14H2,1-5H3;2-15H2,1H3,(H,17,18)/b9-6+,12-11+,16-8+,17-13+;. The number of allylic oxidation sites excluding steroid dienone is 10. The Bertz CT molecular complexity index is 820. The van der Waals surface area contributed by atoms with Crippen molar-refractivity contribution in [1.29, 1.82) is 0 Å². The average molecular weight is 541 g/mol. The maximum absolute atomic E-state index is 10.3. The highest BCUT2D eigenvalue weighted by atomic mass is 16.4. The van der Waals surface area contributed by atoms with Gasteiger partial charge in [0.15, 0.2) is 0 Å². The SMILES string of the molecule is CC1=C(/C=C/C(C)=C/C=C/C(C)=C/C=O)C(C)(C)CCC1.CCCCCCCCCCCCCCCC(=O)O. The van der Waals surface area contributed by atoms with E-state index in [2.05, 4.69) is 52.8 Å². The quantitative estimate of drug-likeness (QED) is 0.0767. The van der Waals surface area contributed by atoms with Gasteiger partial charge >= 0.3 is 5.97 Å². The molecule has 0 amide bonds. The van der Waals surface area contributed by atoms with Gasteiger partial charge in [-0.25, -0.2) is 0 Å². The Labute approximate surface area is 241 Å². The Balaban J connectivity index is 0.000000751. The third-order valence-electron chi connectivity index (χ3n) is 7.60. The van der Waals surface area contributed by atoms with Gasteiger partial charge in [-0.3, -0.25) is 9.59 Å². The summed E-state index contributed by atoms with van der Waals surface area (Å²) in [4.78, 5) is 20.6. The molecule has 0 aliphatic heterocycles. The van der Waals surface area contributed by atoms with Crippen LogP contribution in [-0.4, -0.2) is 17.4 Å². The summed E-state index contributed by atoms with van der Waals surface area (Å²) in [6.07, 6.45) is 33.9. The van der Waals surface area contributed by atoms with E-state index in [0.29, 0.717) is 6.42 Å². The summed E-state index contributed by atoms with van der Waals surface area (Å²) in [5, 5.41) is 8.49. The van der Waals surface area contributed by atoms with Crippen LogP contribution in [0.25, 0.3) is 0 Å². The molecule has 3 nitrogen and oxygen atoms in total. The molecule has 0 heterocycles. The van der Waals surface area contributed by atoms with Crippen LogP contribution in [0, 0.1) is 5.41 Å². The predicted molar refractivity (Wildman–Crippen MR) is 170 cm³/mol. The molecule has 3 heteroatoms. The molecule has 0 fully saturated rings. The van der Waals surface area contributed by atoms with Crippen LogP contribution in [0.2, 0.25) is 0 Å². The molecule has 0 aromatic rings. The van der Waals surface area contributed by atoms with E-state index in [1.165, 1.54) is 107 Å². The molecule has 1 N–H and O–H groups in total. The van der Waals surface area contributed by atoms with Crippen molar-refractivity contribution in [3.63, 3.8) is 0 Å². The van der Waals surface area contributed by atoms with Crippen LogP contribution < -0.4 is 0 Å². The zero-order valence-electron chi connectivity index (χ0n) is 26.3. The maximum atomic E-state index is 10.3. The summed E-state index contributed by atoms with van der Waals surface area (Å²) >= 11 is 0. The largest absolute Gasteiger partial charge is 0.481 e. The van der Waals surface area contributed by atoms with Crippen molar-refractivity contribution in [2.45, 2.75) is 151 Å². The molecule has 39 heavy (non-hydrogen) atoms. The Hall–Kier alpha value is -2.16. The first-order valence-corrected chi connectivity index (χ1v) is 15.7. The van der Waals surface area contributed by atoms with E-state index < -0.39 is 5.97 Å². The van der Waals surface area contributed by atoms with Crippen LogP contribution >= 0.6 is 0 Å². The fourth-order valence-corrected chi connectivity index (χ4v) is 5.09. The second-order valence-corrected chi connectivity index (χ2v) is 12.0. The summed E-state index contributed by atoms with van der Waals surface area (Å²) in [5.74, 6) is -0.655. The normalized spacial score (nSPS) is 16.1. The topological polar surface area (TPSA) is 54.4 Å². The van der Waals surface area contributed by atoms with Gasteiger partial charge in [-0.1, -0.05) is 139 Å². The number of carbonyl (C=O) groups is 2. The van der Waals surface area contributed by atoms with Crippen LogP contribution in [0.1, 0.15) is 151 Å². The Kier molecular flexibility index (Phi) is 22.4. The van der Waals surface area contributed by atoms with Gasteiger partial charge in [0.2, 0.25) is 0 Å². The van der Waals surface area contributed by atoms with Crippen LogP contribution in [-0.2, 0) is 9.59 Å². The van der Waals surface area contributed by atoms with Gasteiger partial charge in [0.05, 0.1) is 0 Å².